The molecule has 5 nitrogen and oxygen atoms in total. The van der Waals surface area contributed by atoms with E-state index in [2.05, 4.69) is 10.3 Å². The molecule has 0 spiro atoms. The van der Waals surface area contributed by atoms with Crippen LogP contribution in [0.15, 0.2) is 35.4 Å². The predicted octanol–water partition coefficient (Wildman–Crippen LogP) is 2.53. The number of benzene rings is 1. The third kappa shape index (κ3) is 3.21. The molecule has 1 amide bonds. The highest BCUT2D eigenvalue weighted by molar-refractivity contribution is 7.18. The Labute approximate surface area is 141 Å². The minimum absolute atomic E-state index is 0.0999. The van der Waals surface area contributed by atoms with Crippen molar-refractivity contribution < 1.29 is 9.18 Å². The standard InChI is InChI=1S/C17H16FN3O2S/c1-10-11(2)24-16-15(10)17(23)21(9-20-16)8-14(22)19-7-12-3-5-13(18)6-4-12/h3-6,9H,7-8H2,1-2H3,(H,19,22). The first kappa shape index (κ1) is 16.3. The fourth-order valence-corrected chi connectivity index (χ4v) is 3.38. The molecular weight excluding hydrogens is 329 g/mol. The first-order valence-electron chi connectivity index (χ1n) is 7.42. The molecule has 0 unspecified atom stereocenters. The zero-order valence-electron chi connectivity index (χ0n) is 13.3. The van der Waals surface area contributed by atoms with Gasteiger partial charge in [-0.05, 0) is 37.1 Å². The fourth-order valence-electron chi connectivity index (χ4n) is 2.40. The summed E-state index contributed by atoms with van der Waals surface area (Å²) in [6, 6.07) is 5.89. The van der Waals surface area contributed by atoms with Crippen LogP contribution < -0.4 is 10.9 Å². The van der Waals surface area contributed by atoms with E-state index in [0.717, 1.165) is 16.0 Å². The number of carbonyl (C=O) groups excluding carboxylic acids is 1. The molecule has 1 aromatic carbocycles. The van der Waals surface area contributed by atoms with Gasteiger partial charge in [0, 0.05) is 11.4 Å². The Balaban J connectivity index is 1.73. The Morgan fingerprint density at radius 1 is 1.29 bits per heavy atom. The van der Waals surface area contributed by atoms with Crippen LogP contribution in [0.4, 0.5) is 4.39 Å². The smallest absolute Gasteiger partial charge is 0.262 e. The van der Waals surface area contributed by atoms with E-state index < -0.39 is 0 Å². The van der Waals surface area contributed by atoms with E-state index in [1.165, 1.54) is 34.4 Å². The summed E-state index contributed by atoms with van der Waals surface area (Å²) in [5, 5.41) is 3.29. The number of aromatic nitrogens is 2. The van der Waals surface area contributed by atoms with Gasteiger partial charge in [0.05, 0.1) is 11.7 Å². The molecule has 0 bridgehead atoms. The molecule has 0 aliphatic heterocycles. The molecule has 3 rings (SSSR count). The Bertz CT molecular complexity index is 960. The molecule has 0 aliphatic carbocycles. The van der Waals surface area contributed by atoms with Crippen molar-refractivity contribution in [2.45, 2.75) is 26.9 Å². The van der Waals surface area contributed by atoms with E-state index in [-0.39, 0.29) is 30.4 Å². The van der Waals surface area contributed by atoms with Crippen LogP contribution in [0.2, 0.25) is 0 Å². The number of aryl methyl sites for hydroxylation is 2. The van der Waals surface area contributed by atoms with Crippen LogP contribution >= 0.6 is 11.3 Å². The van der Waals surface area contributed by atoms with Crippen LogP contribution in [0.25, 0.3) is 10.2 Å². The summed E-state index contributed by atoms with van der Waals surface area (Å²) < 4.78 is 14.2. The predicted molar refractivity (Wildman–Crippen MR) is 91.6 cm³/mol. The van der Waals surface area contributed by atoms with Gasteiger partial charge in [0.2, 0.25) is 5.91 Å². The Morgan fingerprint density at radius 3 is 2.71 bits per heavy atom. The van der Waals surface area contributed by atoms with Gasteiger partial charge < -0.3 is 5.32 Å². The van der Waals surface area contributed by atoms with Crippen molar-refractivity contribution in [3.8, 4) is 0 Å². The molecule has 2 aromatic heterocycles. The van der Waals surface area contributed by atoms with Crippen molar-refractivity contribution >= 4 is 27.5 Å². The average Bonchev–Trinajstić information content (AvgIpc) is 2.85. The molecule has 124 valence electrons. The highest BCUT2D eigenvalue weighted by Crippen LogP contribution is 2.25. The second-order valence-electron chi connectivity index (χ2n) is 5.54. The number of hydrogen-bond acceptors (Lipinski definition) is 4. The van der Waals surface area contributed by atoms with Crippen LogP contribution in [0.1, 0.15) is 16.0 Å². The van der Waals surface area contributed by atoms with Crippen LogP contribution in [0.3, 0.4) is 0 Å². The molecule has 0 saturated heterocycles. The number of thiophene rings is 1. The van der Waals surface area contributed by atoms with Crippen molar-refractivity contribution in [3.05, 3.63) is 62.8 Å². The molecule has 0 saturated carbocycles. The van der Waals surface area contributed by atoms with Crippen LogP contribution in [-0.4, -0.2) is 15.5 Å². The normalized spacial score (nSPS) is 11.0. The van der Waals surface area contributed by atoms with E-state index in [4.69, 9.17) is 0 Å². The average molecular weight is 345 g/mol. The van der Waals surface area contributed by atoms with Gasteiger partial charge >= 0.3 is 0 Å². The molecule has 3 aromatic rings. The summed E-state index contributed by atoms with van der Waals surface area (Å²) in [5.41, 5.74) is 1.49. The number of carbonyl (C=O) groups is 1. The van der Waals surface area contributed by atoms with Gasteiger partial charge in [-0.3, -0.25) is 14.2 Å². The largest absolute Gasteiger partial charge is 0.350 e. The van der Waals surface area contributed by atoms with Gasteiger partial charge in [0.1, 0.15) is 17.2 Å². The Hall–Kier alpha value is -2.54. The van der Waals surface area contributed by atoms with E-state index in [1.807, 2.05) is 13.8 Å². The summed E-state index contributed by atoms with van der Waals surface area (Å²) in [4.78, 5) is 30.6. The second-order valence-corrected chi connectivity index (χ2v) is 6.75. The van der Waals surface area contributed by atoms with Gasteiger partial charge in [0.15, 0.2) is 0 Å². The number of amides is 1. The highest BCUT2D eigenvalue weighted by Gasteiger charge is 2.13. The van der Waals surface area contributed by atoms with Gasteiger partial charge in [-0.2, -0.15) is 0 Å². The zero-order valence-corrected chi connectivity index (χ0v) is 14.1. The van der Waals surface area contributed by atoms with Crippen molar-refractivity contribution in [2.75, 3.05) is 0 Å². The van der Waals surface area contributed by atoms with E-state index in [9.17, 15) is 14.0 Å². The number of rotatable bonds is 4. The third-order valence-electron chi connectivity index (χ3n) is 3.87. The lowest BCUT2D eigenvalue weighted by atomic mass is 10.2. The molecule has 2 heterocycles. The maximum absolute atomic E-state index is 12.8. The number of fused-ring (bicyclic) bond motifs is 1. The Morgan fingerprint density at radius 2 is 2.00 bits per heavy atom. The van der Waals surface area contributed by atoms with Gasteiger partial charge in [-0.15, -0.1) is 11.3 Å². The molecular formula is C17H16FN3O2S. The van der Waals surface area contributed by atoms with Crippen LogP contribution in [0.5, 0.6) is 0 Å². The summed E-state index contributed by atoms with van der Waals surface area (Å²) in [5.74, 6) is -0.621. The quantitative estimate of drug-likeness (QED) is 0.790. The first-order valence-corrected chi connectivity index (χ1v) is 8.23. The number of nitrogens with one attached hydrogen (secondary N) is 1. The second kappa shape index (κ2) is 6.52. The van der Waals surface area contributed by atoms with E-state index in [0.29, 0.717) is 10.2 Å². The summed E-state index contributed by atoms with van der Waals surface area (Å²) in [7, 11) is 0. The summed E-state index contributed by atoms with van der Waals surface area (Å²) in [6.45, 7) is 4.01. The molecule has 0 radical (unpaired) electrons. The topological polar surface area (TPSA) is 64.0 Å². The zero-order chi connectivity index (χ0) is 17.3. The van der Waals surface area contributed by atoms with Gasteiger partial charge in [-0.1, -0.05) is 12.1 Å². The maximum atomic E-state index is 12.8. The minimum Gasteiger partial charge on any atom is -0.350 e. The molecule has 1 N–H and O–H groups in total. The minimum atomic E-state index is -0.322. The monoisotopic (exact) mass is 345 g/mol. The third-order valence-corrected chi connectivity index (χ3v) is 4.99. The van der Waals surface area contributed by atoms with E-state index in [1.54, 1.807) is 12.1 Å². The van der Waals surface area contributed by atoms with Crippen molar-refractivity contribution in [2.24, 2.45) is 0 Å². The number of halogens is 1. The van der Waals surface area contributed by atoms with Crippen LogP contribution in [0, 0.1) is 19.7 Å². The van der Waals surface area contributed by atoms with Crippen molar-refractivity contribution in [1.82, 2.24) is 14.9 Å². The molecule has 0 fully saturated rings. The van der Waals surface area contributed by atoms with Crippen molar-refractivity contribution in [1.29, 1.82) is 0 Å². The van der Waals surface area contributed by atoms with Gasteiger partial charge in [-0.25, -0.2) is 9.37 Å². The summed E-state index contributed by atoms with van der Waals surface area (Å²) in [6.07, 6.45) is 1.40. The SMILES string of the molecule is Cc1sc2ncn(CC(=O)NCc3ccc(F)cc3)c(=O)c2c1C. The highest BCUT2D eigenvalue weighted by atomic mass is 32.1. The number of hydrogen-bond donors (Lipinski definition) is 1. The molecule has 0 atom stereocenters. The maximum Gasteiger partial charge on any atom is 0.262 e. The fraction of sp³-hybridized carbons (Fsp3) is 0.235. The van der Waals surface area contributed by atoms with Crippen LogP contribution in [-0.2, 0) is 17.9 Å². The number of nitrogens with zero attached hydrogens (tertiary/aromatic N) is 2. The van der Waals surface area contributed by atoms with E-state index >= 15 is 0 Å². The first-order chi connectivity index (χ1) is 11.5. The molecule has 0 aliphatic rings. The summed E-state index contributed by atoms with van der Waals surface area (Å²) >= 11 is 1.47. The molecule has 24 heavy (non-hydrogen) atoms. The Kier molecular flexibility index (Phi) is 4.44. The molecule has 7 heteroatoms. The van der Waals surface area contributed by atoms with Crippen molar-refractivity contribution in [3.63, 3.8) is 0 Å². The lowest BCUT2D eigenvalue weighted by molar-refractivity contribution is -0.121. The lowest BCUT2D eigenvalue weighted by Crippen LogP contribution is -2.32. The lowest BCUT2D eigenvalue weighted by Gasteiger charge is -2.07. The van der Waals surface area contributed by atoms with Gasteiger partial charge in [0.25, 0.3) is 5.56 Å².